The molecule has 1 fully saturated rings. The second-order valence-electron chi connectivity index (χ2n) is 8.05. The fourth-order valence-electron chi connectivity index (χ4n) is 4.58. The van der Waals surface area contributed by atoms with E-state index in [-0.39, 0.29) is 11.1 Å². The van der Waals surface area contributed by atoms with E-state index in [4.69, 9.17) is 21.1 Å². The van der Waals surface area contributed by atoms with Crippen molar-refractivity contribution >= 4 is 17.6 Å². The van der Waals surface area contributed by atoms with Crippen molar-refractivity contribution in [3.05, 3.63) is 59.0 Å². The number of carboxylic acid groups (broad SMARTS) is 1. The molecule has 1 saturated carbocycles. The molecular weight excluding hydrogens is 372 g/mol. The Kier molecular flexibility index (Phi) is 7.61. The fraction of sp³-hybridized carbons (Fsp3) is 0.542. The van der Waals surface area contributed by atoms with Crippen molar-refractivity contribution in [3.63, 3.8) is 0 Å². The smallest absolute Gasteiger partial charge is 0.371 e. The van der Waals surface area contributed by atoms with Crippen molar-refractivity contribution < 1.29 is 14.3 Å². The molecule has 1 aliphatic carbocycles. The molecule has 3 rings (SSSR count). The van der Waals surface area contributed by atoms with Crippen LogP contribution in [0.1, 0.15) is 72.9 Å². The minimum Gasteiger partial charge on any atom is -0.475 e. The third-order valence-corrected chi connectivity index (χ3v) is 6.70. The average molecular weight is 403 g/mol. The summed E-state index contributed by atoms with van der Waals surface area (Å²) in [4.78, 5) is 10.9. The van der Waals surface area contributed by atoms with Crippen molar-refractivity contribution in [1.29, 1.82) is 0 Å². The van der Waals surface area contributed by atoms with Crippen LogP contribution < -0.4 is 0 Å². The van der Waals surface area contributed by atoms with Gasteiger partial charge in [0.1, 0.15) is 5.76 Å². The molecule has 0 saturated heterocycles. The lowest BCUT2D eigenvalue weighted by atomic mass is 9.86. The van der Waals surface area contributed by atoms with E-state index >= 15 is 0 Å². The summed E-state index contributed by atoms with van der Waals surface area (Å²) >= 11 is 6.63. The first-order chi connectivity index (χ1) is 13.6. The van der Waals surface area contributed by atoms with E-state index in [2.05, 4.69) is 31.2 Å². The van der Waals surface area contributed by atoms with Gasteiger partial charge in [0.15, 0.2) is 0 Å². The quantitative estimate of drug-likeness (QED) is 0.460. The molecule has 0 radical (unpaired) electrons. The molecule has 1 aromatic heterocycles. The largest absolute Gasteiger partial charge is 0.475 e. The Labute approximate surface area is 173 Å². The van der Waals surface area contributed by atoms with Crippen LogP contribution in [-0.4, -0.2) is 16.5 Å². The molecule has 3 atom stereocenters. The lowest BCUT2D eigenvalue weighted by Crippen LogP contribution is -2.16. The van der Waals surface area contributed by atoms with Crippen molar-refractivity contribution in [2.24, 2.45) is 11.8 Å². The number of hydrogen-bond acceptors (Lipinski definition) is 2. The molecule has 0 aliphatic heterocycles. The van der Waals surface area contributed by atoms with Crippen molar-refractivity contribution in [2.45, 2.75) is 70.1 Å². The monoisotopic (exact) mass is 402 g/mol. The molecule has 2 aromatic rings. The maximum absolute atomic E-state index is 10.9. The topological polar surface area (TPSA) is 50.4 Å². The summed E-state index contributed by atoms with van der Waals surface area (Å²) in [5, 5.41) is 9.23. The van der Waals surface area contributed by atoms with Crippen LogP contribution in [0, 0.1) is 11.8 Å². The average Bonchev–Trinajstić information content (AvgIpc) is 3.30. The van der Waals surface area contributed by atoms with Gasteiger partial charge in [-0.05, 0) is 86.5 Å². The second-order valence-corrected chi connectivity index (χ2v) is 8.61. The third-order valence-electron chi connectivity index (χ3n) is 6.16. The van der Waals surface area contributed by atoms with Gasteiger partial charge in [0, 0.05) is 11.8 Å². The highest BCUT2D eigenvalue weighted by molar-refractivity contribution is 6.21. The van der Waals surface area contributed by atoms with E-state index in [9.17, 15) is 4.79 Å². The molecule has 4 heteroatoms. The first-order valence-corrected chi connectivity index (χ1v) is 11.0. The van der Waals surface area contributed by atoms with Gasteiger partial charge in [-0.1, -0.05) is 31.2 Å². The van der Waals surface area contributed by atoms with Crippen LogP contribution in [0.25, 0.3) is 0 Å². The molecule has 0 unspecified atom stereocenters. The molecule has 1 N–H and O–H groups in total. The number of benzene rings is 1. The van der Waals surface area contributed by atoms with E-state index < -0.39 is 5.97 Å². The Morgan fingerprint density at radius 3 is 2.64 bits per heavy atom. The van der Waals surface area contributed by atoms with Crippen molar-refractivity contribution in [3.8, 4) is 0 Å². The summed E-state index contributed by atoms with van der Waals surface area (Å²) in [6.07, 6.45) is 9.92. The Bertz CT molecular complexity index is 767. The molecule has 28 heavy (non-hydrogen) atoms. The maximum Gasteiger partial charge on any atom is 0.371 e. The summed E-state index contributed by atoms with van der Waals surface area (Å²) in [7, 11) is 0. The summed E-state index contributed by atoms with van der Waals surface area (Å²) < 4.78 is 5.36. The molecule has 1 heterocycles. The van der Waals surface area contributed by atoms with Crippen LogP contribution in [0.2, 0.25) is 0 Å². The van der Waals surface area contributed by atoms with Crippen LogP contribution in [0.5, 0.6) is 0 Å². The number of rotatable bonds is 10. The normalized spacial score (nSPS) is 21.9. The molecule has 0 amide bonds. The van der Waals surface area contributed by atoms with Gasteiger partial charge in [0.2, 0.25) is 5.76 Å². The number of hydrogen-bond donors (Lipinski definition) is 1. The Hall–Kier alpha value is -1.74. The van der Waals surface area contributed by atoms with E-state index in [1.54, 1.807) is 6.07 Å². The first kappa shape index (κ1) is 21.0. The second kappa shape index (κ2) is 10.2. The van der Waals surface area contributed by atoms with Crippen molar-refractivity contribution in [1.82, 2.24) is 0 Å². The van der Waals surface area contributed by atoms with Crippen LogP contribution in [-0.2, 0) is 19.3 Å². The van der Waals surface area contributed by atoms with Gasteiger partial charge < -0.3 is 9.52 Å². The molecule has 0 spiro atoms. The van der Waals surface area contributed by atoms with Crippen LogP contribution in [0.4, 0.5) is 0 Å². The number of alkyl halides is 1. The number of aryl methyl sites for hydroxylation is 3. The lowest BCUT2D eigenvalue weighted by Gasteiger charge is -2.22. The standard InChI is InChI=1S/C24H31ClO3/c1-2-17-6-3-7-18(16-17)8-4-9-19-12-14-22(25)21(19)11-5-10-20-13-15-23(28-20)24(26)27/h3,6-7,13,15-16,19,21-22H,2,4-5,8-12,14H2,1H3,(H,26,27)/t19-,21+,22+/m0/s1. The highest BCUT2D eigenvalue weighted by atomic mass is 35.5. The first-order valence-electron chi connectivity index (χ1n) is 10.6. The van der Waals surface area contributed by atoms with Gasteiger partial charge in [0.05, 0.1) is 0 Å². The Balaban J connectivity index is 1.44. The Morgan fingerprint density at radius 2 is 1.89 bits per heavy atom. The van der Waals surface area contributed by atoms with Crippen LogP contribution in [0.15, 0.2) is 40.8 Å². The third kappa shape index (κ3) is 5.64. The predicted octanol–water partition coefficient (Wildman–Crippen LogP) is 6.52. The summed E-state index contributed by atoms with van der Waals surface area (Å²) in [5.74, 6) is 1.05. The van der Waals surface area contributed by atoms with E-state index in [0.717, 1.165) is 44.3 Å². The molecular formula is C24H31ClO3. The minimum absolute atomic E-state index is 0.0242. The molecule has 0 bridgehead atoms. The highest BCUT2D eigenvalue weighted by Gasteiger charge is 2.33. The zero-order valence-corrected chi connectivity index (χ0v) is 17.5. The fourth-order valence-corrected chi connectivity index (χ4v) is 5.04. The molecule has 1 aromatic carbocycles. The van der Waals surface area contributed by atoms with E-state index in [1.165, 1.54) is 36.5 Å². The van der Waals surface area contributed by atoms with Gasteiger partial charge in [-0.3, -0.25) is 0 Å². The van der Waals surface area contributed by atoms with E-state index in [0.29, 0.717) is 11.8 Å². The summed E-state index contributed by atoms with van der Waals surface area (Å²) in [6.45, 7) is 2.20. The lowest BCUT2D eigenvalue weighted by molar-refractivity contribution is 0.0660. The predicted molar refractivity (Wildman–Crippen MR) is 113 cm³/mol. The number of furan rings is 1. The van der Waals surface area contributed by atoms with Crippen molar-refractivity contribution in [2.75, 3.05) is 0 Å². The SMILES string of the molecule is CCc1cccc(CCC[C@H]2CC[C@@H](Cl)[C@@H]2CCCc2ccc(C(=O)O)o2)c1. The van der Waals surface area contributed by atoms with Gasteiger partial charge in [-0.25, -0.2) is 4.79 Å². The number of carbonyl (C=O) groups is 1. The van der Waals surface area contributed by atoms with Gasteiger partial charge in [0.25, 0.3) is 0 Å². The highest BCUT2D eigenvalue weighted by Crippen LogP contribution is 2.41. The maximum atomic E-state index is 10.9. The number of aromatic carboxylic acids is 1. The summed E-state index contributed by atoms with van der Waals surface area (Å²) in [5.41, 5.74) is 2.87. The van der Waals surface area contributed by atoms with Crippen LogP contribution >= 0.6 is 11.6 Å². The molecule has 3 nitrogen and oxygen atoms in total. The zero-order chi connectivity index (χ0) is 19.9. The van der Waals surface area contributed by atoms with Gasteiger partial charge in [-0.2, -0.15) is 0 Å². The molecule has 152 valence electrons. The van der Waals surface area contributed by atoms with Gasteiger partial charge >= 0.3 is 5.97 Å². The van der Waals surface area contributed by atoms with E-state index in [1.807, 2.05) is 0 Å². The minimum atomic E-state index is -1.01. The Morgan fingerprint density at radius 1 is 1.11 bits per heavy atom. The summed E-state index contributed by atoms with van der Waals surface area (Å²) in [6, 6.07) is 12.3. The van der Waals surface area contributed by atoms with Gasteiger partial charge in [-0.15, -0.1) is 11.6 Å². The molecule has 1 aliphatic rings. The number of carboxylic acids is 1. The number of halogens is 1. The zero-order valence-electron chi connectivity index (χ0n) is 16.7. The van der Waals surface area contributed by atoms with Crippen LogP contribution in [0.3, 0.4) is 0 Å².